The minimum atomic E-state index is -0.0125. The topological polar surface area (TPSA) is 79.2 Å². The van der Waals surface area contributed by atoms with Crippen molar-refractivity contribution in [1.82, 2.24) is 29.5 Å². The average molecular weight is 446 g/mol. The molecule has 3 aromatic rings. The van der Waals surface area contributed by atoms with Gasteiger partial charge in [0.25, 0.3) is 0 Å². The molecule has 3 atom stereocenters. The van der Waals surface area contributed by atoms with Gasteiger partial charge in [-0.25, -0.2) is 9.97 Å². The second-order valence-corrected chi connectivity index (χ2v) is 9.32. The lowest BCUT2D eigenvalue weighted by molar-refractivity contribution is -0.141. The predicted octanol–water partition coefficient (Wildman–Crippen LogP) is 2.96. The second kappa shape index (κ2) is 8.94. The molecule has 0 radical (unpaired) electrons. The number of rotatable bonds is 4. The van der Waals surface area contributed by atoms with Gasteiger partial charge < -0.3 is 15.1 Å². The van der Waals surface area contributed by atoms with Crippen LogP contribution >= 0.6 is 0 Å². The molecule has 1 fully saturated rings. The Hall–Kier alpha value is -3.26. The van der Waals surface area contributed by atoms with E-state index in [2.05, 4.69) is 58.5 Å². The van der Waals surface area contributed by atoms with Gasteiger partial charge in [0.1, 0.15) is 5.82 Å². The fourth-order valence-electron chi connectivity index (χ4n) is 5.12. The SMILES string of the molecule is C[C@@H]1Cc2cnc(Nc3ccnn3C)nc2CN1C(=O)[C@H]1CCN(C)C[C@@H]1c1ccccc1. The van der Waals surface area contributed by atoms with Crippen molar-refractivity contribution >= 4 is 17.7 Å². The van der Waals surface area contributed by atoms with E-state index >= 15 is 0 Å². The summed E-state index contributed by atoms with van der Waals surface area (Å²) in [7, 11) is 4.01. The first kappa shape index (κ1) is 21.6. The monoisotopic (exact) mass is 445 g/mol. The number of piperidine rings is 1. The number of hydrogen-bond acceptors (Lipinski definition) is 6. The van der Waals surface area contributed by atoms with Gasteiger partial charge in [-0.3, -0.25) is 9.48 Å². The number of carbonyl (C=O) groups excluding carboxylic acids is 1. The van der Waals surface area contributed by atoms with Crippen LogP contribution in [0.15, 0.2) is 48.8 Å². The summed E-state index contributed by atoms with van der Waals surface area (Å²) in [6, 6.07) is 12.5. The van der Waals surface area contributed by atoms with Gasteiger partial charge in [-0.05, 0) is 44.5 Å². The maximum absolute atomic E-state index is 13.9. The zero-order valence-electron chi connectivity index (χ0n) is 19.5. The number of likely N-dealkylation sites (N-methyl/N-ethyl adjacent to an activating group) is 1. The van der Waals surface area contributed by atoms with Gasteiger partial charge in [0.05, 0.1) is 18.4 Å². The molecule has 2 aromatic heterocycles. The van der Waals surface area contributed by atoms with E-state index in [4.69, 9.17) is 4.98 Å². The van der Waals surface area contributed by atoms with Crippen molar-refractivity contribution in [3.8, 4) is 0 Å². The van der Waals surface area contributed by atoms with Crippen LogP contribution in [0.2, 0.25) is 0 Å². The molecular weight excluding hydrogens is 414 g/mol. The lowest BCUT2D eigenvalue weighted by Crippen LogP contribution is -2.50. The number of likely N-dealkylation sites (tertiary alicyclic amines) is 1. The third kappa shape index (κ3) is 4.35. The van der Waals surface area contributed by atoms with E-state index in [0.29, 0.717) is 12.5 Å². The normalized spacial score (nSPS) is 23.2. The van der Waals surface area contributed by atoms with E-state index < -0.39 is 0 Å². The minimum absolute atomic E-state index is 0.0125. The Balaban J connectivity index is 1.38. The zero-order valence-corrected chi connectivity index (χ0v) is 19.5. The lowest BCUT2D eigenvalue weighted by Gasteiger charge is -2.42. The zero-order chi connectivity index (χ0) is 22.9. The van der Waals surface area contributed by atoms with Crippen LogP contribution in [0.25, 0.3) is 0 Å². The fourth-order valence-corrected chi connectivity index (χ4v) is 5.12. The fraction of sp³-hybridized carbons (Fsp3) is 0.440. The summed E-state index contributed by atoms with van der Waals surface area (Å²) in [5.74, 6) is 1.79. The number of nitrogens with one attached hydrogen (secondary N) is 1. The Bertz CT molecular complexity index is 1130. The van der Waals surface area contributed by atoms with Crippen LogP contribution in [-0.2, 0) is 24.8 Å². The van der Waals surface area contributed by atoms with Gasteiger partial charge >= 0.3 is 0 Å². The Labute approximate surface area is 194 Å². The number of nitrogens with zero attached hydrogens (tertiary/aromatic N) is 6. The highest BCUT2D eigenvalue weighted by molar-refractivity contribution is 5.81. The number of benzene rings is 1. The smallest absolute Gasteiger partial charge is 0.228 e. The second-order valence-electron chi connectivity index (χ2n) is 9.32. The molecule has 8 nitrogen and oxygen atoms in total. The van der Waals surface area contributed by atoms with E-state index in [1.54, 1.807) is 10.9 Å². The largest absolute Gasteiger partial charge is 0.333 e. The first-order chi connectivity index (χ1) is 16.0. The quantitative estimate of drug-likeness (QED) is 0.665. The van der Waals surface area contributed by atoms with Crippen molar-refractivity contribution in [3.05, 3.63) is 65.6 Å². The molecule has 8 heteroatoms. The summed E-state index contributed by atoms with van der Waals surface area (Å²) in [4.78, 5) is 27.5. The van der Waals surface area contributed by atoms with Crippen LogP contribution in [0.3, 0.4) is 0 Å². The van der Waals surface area contributed by atoms with Crippen molar-refractivity contribution in [2.24, 2.45) is 13.0 Å². The lowest BCUT2D eigenvalue weighted by atomic mass is 9.79. The molecule has 1 amide bonds. The Morgan fingerprint density at radius 3 is 2.73 bits per heavy atom. The van der Waals surface area contributed by atoms with Crippen LogP contribution in [0.5, 0.6) is 0 Å². The predicted molar refractivity (Wildman–Crippen MR) is 127 cm³/mol. The van der Waals surface area contributed by atoms with Gasteiger partial charge in [-0.2, -0.15) is 5.10 Å². The number of carbonyl (C=O) groups is 1. The summed E-state index contributed by atoms with van der Waals surface area (Å²) in [6.45, 7) is 4.50. The highest BCUT2D eigenvalue weighted by Crippen LogP contribution is 2.35. The summed E-state index contributed by atoms with van der Waals surface area (Å²) in [5.41, 5.74) is 3.29. The van der Waals surface area contributed by atoms with E-state index in [1.165, 1.54) is 5.56 Å². The minimum Gasteiger partial charge on any atom is -0.333 e. The number of fused-ring (bicyclic) bond motifs is 1. The number of hydrogen-bond donors (Lipinski definition) is 1. The molecule has 1 aromatic carbocycles. The van der Waals surface area contributed by atoms with E-state index in [0.717, 1.165) is 43.0 Å². The van der Waals surface area contributed by atoms with E-state index in [9.17, 15) is 4.79 Å². The van der Waals surface area contributed by atoms with E-state index in [-0.39, 0.29) is 23.8 Å². The molecule has 2 aliphatic rings. The maximum Gasteiger partial charge on any atom is 0.228 e. The molecule has 172 valence electrons. The summed E-state index contributed by atoms with van der Waals surface area (Å²) < 4.78 is 1.74. The third-order valence-electron chi connectivity index (χ3n) is 7.03. The average Bonchev–Trinajstić information content (AvgIpc) is 3.23. The first-order valence-corrected chi connectivity index (χ1v) is 11.6. The Morgan fingerprint density at radius 2 is 1.97 bits per heavy atom. The standard InChI is InChI=1S/C25H31N7O/c1-17-13-19-14-26-25(29-23-9-11-27-31(23)3)28-22(19)16-32(17)24(33)20-10-12-30(2)15-21(20)18-7-5-4-6-8-18/h4-9,11,14,17,20-21H,10,12-13,15-16H2,1-3H3,(H,26,28,29)/t17-,20+,21-/m1/s1. The highest BCUT2D eigenvalue weighted by Gasteiger charge is 2.39. The van der Waals surface area contributed by atoms with Crippen LogP contribution in [0, 0.1) is 5.92 Å². The van der Waals surface area contributed by atoms with Gasteiger partial charge in [0.2, 0.25) is 11.9 Å². The van der Waals surface area contributed by atoms with Crippen molar-refractivity contribution in [2.75, 3.05) is 25.5 Å². The molecule has 33 heavy (non-hydrogen) atoms. The summed E-state index contributed by atoms with van der Waals surface area (Å²) in [6.07, 6.45) is 5.27. The van der Waals surface area contributed by atoms with Gasteiger partial charge in [0.15, 0.2) is 0 Å². The van der Waals surface area contributed by atoms with Crippen molar-refractivity contribution < 1.29 is 4.79 Å². The molecule has 0 unspecified atom stereocenters. The molecule has 2 aliphatic heterocycles. The van der Waals surface area contributed by atoms with Crippen LogP contribution in [0.4, 0.5) is 11.8 Å². The number of aromatic nitrogens is 4. The Morgan fingerprint density at radius 1 is 1.15 bits per heavy atom. The molecule has 1 saturated heterocycles. The molecule has 0 aliphatic carbocycles. The van der Waals surface area contributed by atoms with Gasteiger partial charge in [-0.1, -0.05) is 30.3 Å². The molecule has 0 spiro atoms. The molecule has 0 bridgehead atoms. The van der Waals surface area contributed by atoms with Crippen molar-refractivity contribution in [2.45, 2.75) is 38.3 Å². The molecule has 4 heterocycles. The molecule has 5 rings (SSSR count). The summed E-state index contributed by atoms with van der Waals surface area (Å²) in [5, 5.41) is 7.40. The molecule has 0 saturated carbocycles. The third-order valence-corrected chi connectivity index (χ3v) is 7.03. The molecular formula is C25H31N7O. The number of amides is 1. The number of anilines is 2. The first-order valence-electron chi connectivity index (χ1n) is 11.6. The highest BCUT2D eigenvalue weighted by atomic mass is 16.2. The Kier molecular flexibility index (Phi) is 5.85. The van der Waals surface area contributed by atoms with Crippen molar-refractivity contribution in [1.29, 1.82) is 0 Å². The van der Waals surface area contributed by atoms with Crippen LogP contribution in [0.1, 0.15) is 36.1 Å². The number of aryl methyl sites for hydroxylation is 1. The van der Waals surface area contributed by atoms with E-state index in [1.807, 2.05) is 30.3 Å². The van der Waals surface area contributed by atoms with Gasteiger partial charge in [-0.15, -0.1) is 0 Å². The maximum atomic E-state index is 13.9. The van der Waals surface area contributed by atoms with Gasteiger partial charge in [0, 0.05) is 43.7 Å². The van der Waals surface area contributed by atoms with Crippen molar-refractivity contribution in [3.63, 3.8) is 0 Å². The van der Waals surface area contributed by atoms with Crippen LogP contribution in [-0.4, -0.2) is 61.6 Å². The molecule has 1 N–H and O–H groups in total. The summed E-state index contributed by atoms with van der Waals surface area (Å²) >= 11 is 0. The van der Waals surface area contributed by atoms with Crippen LogP contribution < -0.4 is 5.32 Å².